The molecule has 1 aromatic heterocycles. The summed E-state index contributed by atoms with van der Waals surface area (Å²) in [6.07, 6.45) is 0.727. The lowest BCUT2D eigenvalue weighted by atomic mass is 10.1. The van der Waals surface area contributed by atoms with E-state index in [4.69, 9.17) is 21.1 Å². The molecule has 0 saturated carbocycles. The van der Waals surface area contributed by atoms with Gasteiger partial charge in [-0.1, -0.05) is 11.6 Å². The summed E-state index contributed by atoms with van der Waals surface area (Å²) >= 11 is 6.95. The van der Waals surface area contributed by atoms with Crippen molar-refractivity contribution in [1.29, 1.82) is 0 Å². The summed E-state index contributed by atoms with van der Waals surface area (Å²) < 4.78 is 10.9. The van der Waals surface area contributed by atoms with Crippen LogP contribution in [0.5, 0.6) is 5.75 Å². The Morgan fingerprint density at radius 2 is 1.96 bits per heavy atom. The standard InChI is InChI=1S/C18H15ClO5S/c19-17-5-4-16(25-17)13(20)2-6-18(22)24-10-14(21)11-1-3-15-12(9-11)7-8-23-15/h1,3-5,9H,2,6-8,10H2. The monoisotopic (exact) mass is 378 g/mol. The third-order valence-corrected chi connectivity index (χ3v) is 5.05. The molecular weight excluding hydrogens is 364 g/mol. The number of Topliss-reactive ketones (excluding diaryl/α,β-unsaturated/α-hetero) is 2. The highest BCUT2D eigenvalue weighted by atomic mass is 35.5. The Hall–Kier alpha value is -2.18. The first-order valence-electron chi connectivity index (χ1n) is 7.76. The summed E-state index contributed by atoms with van der Waals surface area (Å²) in [4.78, 5) is 36.3. The molecule has 5 nitrogen and oxygen atoms in total. The summed E-state index contributed by atoms with van der Waals surface area (Å²) in [6.45, 7) is 0.281. The number of carbonyl (C=O) groups is 3. The van der Waals surface area contributed by atoms with Gasteiger partial charge in [0, 0.05) is 18.4 Å². The number of hydrogen-bond donors (Lipinski definition) is 0. The van der Waals surface area contributed by atoms with Crippen LogP contribution in [0, 0.1) is 0 Å². The summed E-state index contributed by atoms with van der Waals surface area (Å²) in [7, 11) is 0. The van der Waals surface area contributed by atoms with Crippen LogP contribution in [0.25, 0.3) is 0 Å². The fourth-order valence-corrected chi connectivity index (χ4v) is 3.48. The Labute approximate surface area is 153 Å². The van der Waals surface area contributed by atoms with Crippen molar-refractivity contribution in [2.45, 2.75) is 19.3 Å². The van der Waals surface area contributed by atoms with Crippen LogP contribution in [0.3, 0.4) is 0 Å². The number of fused-ring (bicyclic) bond motifs is 1. The largest absolute Gasteiger partial charge is 0.493 e. The van der Waals surface area contributed by atoms with Gasteiger partial charge < -0.3 is 9.47 Å². The van der Waals surface area contributed by atoms with E-state index in [9.17, 15) is 14.4 Å². The molecule has 0 saturated heterocycles. The van der Waals surface area contributed by atoms with Gasteiger partial charge in [0.25, 0.3) is 0 Å². The average molecular weight is 379 g/mol. The van der Waals surface area contributed by atoms with Crippen molar-refractivity contribution in [2.24, 2.45) is 0 Å². The number of benzene rings is 1. The van der Waals surface area contributed by atoms with Gasteiger partial charge in [-0.2, -0.15) is 0 Å². The maximum Gasteiger partial charge on any atom is 0.306 e. The predicted molar refractivity (Wildman–Crippen MR) is 93.8 cm³/mol. The van der Waals surface area contributed by atoms with E-state index in [0.717, 1.165) is 17.7 Å². The van der Waals surface area contributed by atoms with Crippen LogP contribution in [-0.2, 0) is 16.0 Å². The molecule has 1 aliphatic heterocycles. The summed E-state index contributed by atoms with van der Waals surface area (Å²) in [5.74, 6) is -0.229. The molecule has 0 aliphatic carbocycles. The van der Waals surface area contributed by atoms with Crippen molar-refractivity contribution in [3.63, 3.8) is 0 Å². The van der Waals surface area contributed by atoms with Crippen LogP contribution >= 0.6 is 22.9 Å². The van der Waals surface area contributed by atoms with Crippen molar-refractivity contribution in [1.82, 2.24) is 0 Å². The van der Waals surface area contributed by atoms with E-state index in [1.807, 2.05) is 0 Å². The topological polar surface area (TPSA) is 69.7 Å². The van der Waals surface area contributed by atoms with Gasteiger partial charge >= 0.3 is 5.97 Å². The van der Waals surface area contributed by atoms with Crippen LogP contribution in [0.15, 0.2) is 30.3 Å². The van der Waals surface area contributed by atoms with Gasteiger partial charge in [-0.3, -0.25) is 14.4 Å². The molecule has 0 N–H and O–H groups in total. The lowest BCUT2D eigenvalue weighted by Gasteiger charge is -2.05. The third kappa shape index (κ3) is 4.46. The highest BCUT2D eigenvalue weighted by molar-refractivity contribution is 7.18. The number of hydrogen-bond acceptors (Lipinski definition) is 6. The fraction of sp³-hybridized carbons (Fsp3) is 0.278. The SMILES string of the molecule is O=C(CCC(=O)c1ccc(Cl)s1)OCC(=O)c1ccc2c(c1)CCO2. The highest BCUT2D eigenvalue weighted by Crippen LogP contribution is 2.26. The van der Waals surface area contributed by atoms with E-state index in [0.29, 0.717) is 21.4 Å². The molecule has 2 aromatic rings. The second-order valence-electron chi connectivity index (χ2n) is 5.53. The van der Waals surface area contributed by atoms with Crippen molar-refractivity contribution in [3.05, 3.63) is 50.7 Å². The van der Waals surface area contributed by atoms with Gasteiger partial charge in [-0.25, -0.2) is 0 Å². The van der Waals surface area contributed by atoms with E-state index in [2.05, 4.69) is 0 Å². The van der Waals surface area contributed by atoms with E-state index in [1.54, 1.807) is 30.3 Å². The van der Waals surface area contributed by atoms with Crippen molar-refractivity contribution < 1.29 is 23.9 Å². The van der Waals surface area contributed by atoms with Gasteiger partial charge in [0.05, 0.1) is 22.2 Å². The predicted octanol–water partition coefficient (Wildman–Crippen LogP) is 3.73. The van der Waals surface area contributed by atoms with Gasteiger partial charge in [-0.05, 0) is 35.9 Å². The van der Waals surface area contributed by atoms with Crippen LogP contribution in [-0.4, -0.2) is 30.7 Å². The molecule has 25 heavy (non-hydrogen) atoms. The highest BCUT2D eigenvalue weighted by Gasteiger charge is 2.17. The molecule has 0 spiro atoms. The minimum atomic E-state index is -0.575. The van der Waals surface area contributed by atoms with Crippen LogP contribution < -0.4 is 4.74 Å². The quantitative estimate of drug-likeness (QED) is 0.542. The molecule has 0 bridgehead atoms. The molecule has 0 atom stereocenters. The zero-order valence-corrected chi connectivity index (χ0v) is 14.8. The summed E-state index contributed by atoms with van der Waals surface area (Å²) in [5.41, 5.74) is 1.47. The molecule has 1 aliphatic rings. The Balaban J connectivity index is 1.45. The number of esters is 1. The first-order valence-corrected chi connectivity index (χ1v) is 8.95. The minimum absolute atomic E-state index is 0.0278. The first kappa shape index (κ1) is 17.6. The lowest BCUT2D eigenvalue weighted by molar-refractivity contribution is -0.142. The zero-order valence-electron chi connectivity index (χ0n) is 13.2. The van der Waals surface area contributed by atoms with E-state index >= 15 is 0 Å². The average Bonchev–Trinajstić information content (AvgIpc) is 3.25. The summed E-state index contributed by atoms with van der Waals surface area (Å²) in [5, 5.41) is 0. The van der Waals surface area contributed by atoms with E-state index in [-0.39, 0.29) is 31.0 Å². The maximum atomic E-state index is 12.1. The molecule has 7 heteroatoms. The van der Waals surface area contributed by atoms with Gasteiger partial charge in [0.15, 0.2) is 18.2 Å². The number of halogens is 1. The Bertz CT molecular complexity index is 827. The molecule has 0 amide bonds. The fourth-order valence-electron chi connectivity index (χ4n) is 2.46. The second-order valence-corrected chi connectivity index (χ2v) is 7.25. The summed E-state index contributed by atoms with van der Waals surface area (Å²) in [6, 6.07) is 8.44. The van der Waals surface area contributed by atoms with E-state index < -0.39 is 5.97 Å². The lowest BCUT2D eigenvalue weighted by Crippen LogP contribution is -2.15. The molecule has 2 heterocycles. The number of carbonyl (C=O) groups excluding carboxylic acids is 3. The number of ketones is 2. The Kier molecular flexibility index (Phi) is 5.50. The number of rotatable bonds is 7. The zero-order chi connectivity index (χ0) is 17.8. The third-order valence-electron chi connectivity index (χ3n) is 3.78. The number of ether oxygens (including phenoxy) is 2. The van der Waals surface area contributed by atoms with Crippen LogP contribution in [0.1, 0.15) is 38.4 Å². The van der Waals surface area contributed by atoms with Crippen LogP contribution in [0.2, 0.25) is 4.34 Å². The number of thiophene rings is 1. The molecule has 0 fully saturated rings. The Morgan fingerprint density at radius 3 is 2.72 bits per heavy atom. The van der Waals surface area contributed by atoms with Crippen molar-refractivity contribution in [2.75, 3.05) is 13.2 Å². The van der Waals surface area contributed by atoms with Gasteiger partial charge in [0.2, 0.25) is 0 Å². The second kappa shape index (κ2) is 7.80. The molecule has 1 aromatic carbocycles. The Morgan fingerprint density at radius 1 is 1.12 bits per heavy atom. The van der Waals surface area contributed by atoms with Gasteiger partial charge in [0.1, 0.15) is 5.75 Å². The van der Waals surface area contributed by atoms with Crippen LogP contribution in [0.4, 0.5) is 0 Å². The minimum Gasteiger partial charge on any atom is -0.493 e. The first-order chi connectivity index (χ1) is 12.0. The molecule has 3 rings (SSSR count). The smallest absolute Gasteiger partial charge is 0.306 e. The normalized spacial score (nSPS) is 12.4. The van der Waals surface area contributed by atoms with Gasteiger partial charge in [-0.15, -0.1) is 11.3 Å². The molecule has 130 valence electrons. The molecule has 0 unspecified atom stereocenters. The van der Waals surface area contributed by atoms with E-state index in [1.165, 1.54) is 11.3 Å². The van der Waals surface area contributed by atoms with Crippen molar-refractivity contribution >= 4 is 40.5 Å². The maximum absolute atomic E-state index is 12.1. The molecular formula is C18H15ClO5S. The molecule has 0 radical (unpaired) electrons. The van der Waals surface area contributed by atoms with Crippen molar-refractivity contribution in [3.8, 4) is 5.75 Å².